The lowest BCUT2D eigenvalue weighted by Crippen LogP contribution is -2.47. The van der Waals surface area contributed by atoms with Crippen LogP contribution in [0.5, 0.6) is 0 Å². The predicted octanol–water partition coefficient (Wildman–Crippen LogP) is 5.37. The molecule has 0 saturated heterocycles. The molecule has 144 valence electrons. The van der Waals surface area contributed by atoms with Gasteiger partial charge in [0.2, 0.25) is 0 Å². The first kappa shape index (κ1) is 23.2. The molecule has 24 heavy (non-hydrogen) atoms. The van der Waals surface area contributed by atoms with Gasteiger partial charge in [0.15, 0.2) is 0 Å². The Hall–Kier alpha value is -0.780. The average Bonchev–Trinajstić information content (AvgIpc) is 2.53. The molecule has 0 unspecified atom stereocenters. The number of ether oxygens (including phenoxy) is 1. The minimum absolute atomic E-state index is 0.137. The first-order valence-electron chi connectivity index (χ1n) is 9.33. The van der Waals surface area contributed by atoms with Crippen LogP contribution in [0.2, 0.25) is 0 Å². The third-order valence-corrected chi connectivity index (χ3v) is 4.18. The smallest absolute Gasteiger partial charge is 0.404 e. The van der Waals surface area contributed by atoms with Crippen molar-refractivity contribution in [2.24, 2.45) is 11.7 Å². The van der Waals surface area contributed by atoms with E-state index in [2.05, 4.69) is 6.92 Å². The van der Waals surface area contributed by atoms with Gasteiger partial charge < -0.3 is 10.5 Å². The van der Waals surface area contributed by atoms with E-state index < -0.39 is 24.1 Å². The van der Waals surface area contributed by atoms with E-state index in [9.17, 15) is 18.0 Å². The van der Waals surface area contributed by atoms with Gasteiger partial charge in [-0.05, 0) is 12.8 Å². The van der Waals surface area contributed by atoms with Gasteiger partial charge in [-0.15, -0.1) is 0 Å². The Bertz CT molecular complexity index is 322. The highest BCUT2D eigenvalue weighted by atomic mass is 19.4. The van der Waals surface area contributed by atoms with E-state index in [4.69, 9.17) is 10.5 Å². The van der Waals surface area contributed by atoms with Crippen LogP contribution in [0.3, 0.4) is 0 Å². The number of rotatable bonds is 14. The number of alkyl halides is 3. The monoisotopic (exact) mass is 353 g/mol. The lowest BCUT2D eigenvalue weighted by molar-refractivity contribution is -0.177. The van der Waals surface area contributed by atoms with E-state index in [0.29, 0.717) is 12.8 Å². The number of halogens is 3. The second-order valence-electron chi connectivity index (χ2n) is 6.46. The second kappa shape index (κ2) is 13.5. The van der Waals surface area contributed by atoms with E-state index in [1.807, 2.05) is 0 Å². The molecule has 0 rings (SSSR count). The Morgan fingerprint density at radius 3 is 1.88 bits per heavy atom. The maximum absolute atomic E-state index is 12.8. The third-order valence-electron chi connectivity index (χ3n) is 4.18. The van der Waals surface area contributed by atoms with Gasteiger partial charge >= 0.3 is 12.1 Å². The van der Waals surface area contributed by atoms with Crippen LogP contribution in [-0.4, -0.2) is 24.8 Å². The van der Waals surface area contributed by atoms with Gasteiger partial charge in [-0.1, -0.05) is 71.6 Å². The fraction of sp³-hybridized carbons (Fsp3) is 0.944. The van der Waals surface area contributed by atoms with Crippen molar-refractivity contribution in [2.75, 3.05) is 6.61 Å². The maximum Gasteiger partial charge on any atom is 0.404 e. The molecule has 0 saturated carbocycles. The normalized spacial score (nSPS) is 14.4. The number of hydrogen-bond acceptors (Lipinski definition) is 3. The maximum atomic E-state index is 12.8. The van der Waals surface area contributed by atoms with Crippen molar-refractivity contribution in [3.63, 3.8) is 0 Å². The van der Waals surface area contributed by atoms with Crippen molar-refractivity contribution in [1.29, 1.82) is 0 Å². The summed E-state index contributed by atoms with van der Waals surface area (Å²) in [4.78, 5) is 11.9. The molecule has 0 spiro atoms. The molecule has 0 heterocycles. The van der Waals surface area contributed by atoms with Crippen LogP contribution in [0.4, 0.5) is 13.2 Å². The molecule has 0 bridgehead atoms. The highest BCUT2D eigenvalue weighted by Crippen LogP contribution is 2.28. The lowest BCUT2D eigenvalue weighted by Gasteiger charge is -2.24. The second-order valence-corrected chi connectivity index (χ2v) is 6.46. The van der Waals surface area contributed by atoms with Crippen LogP contribution >= 0.6 is 0 Å². The van der Waals surface area contributed by atoms with Gasteiger partial charge in [0.1, 0.15) is 6.04 Å². The Morgan fingerprint density at radius 2 is 1.42 bits per heavy atom. The Balaban J connectivity index is 4.11. The van der Waals surface area contributed by atoms with Gasteiger partial charge in [-0.3, -0.25) is 4.79 Å². The number of nitrogens with two attached hydrogens (primary N) is 1. The summed E-state index contributed by atoms with van der Waals surface area (Å²) >= 11 is 0. The van der Waals surface area contributed by atoms with Gasteiger partial charge in [0, 0.05) is 0 Å². The quantitative estimate of drug-likeness (QED) is 0.337. The summed E-state index contributed by atoms with van der Waals surface area (Å²) in [5.74, 6) is -2.11. The molecule has 0 aliphatic rings. The van der Waals surface area contributed by atoms with Crippen molar-refractivity contribution in [1.82, 2.24) is 0 Å². The minimum Gasteiger partial charge on any atom is -0.465 e. The molecule has 2 atom stereocenters. The molecule has 0 aromatic heterocycles. The highest BCUT2D eigenvalue weighted by molar-refractivity contribution is 5.73. The SMILES string of the molecule is CCCCCCCCCCC[C@@H](C(=O)OCCC)[C@@H](N)C(F)(F)F. The molecular weight excluding hydrogens is 319 g/mol. The fourth-order valence-corrected chi connectivity index (χ4v) is 2.66. The van der Waals surface area contributed by atoms with Crippen molar-refractivity contribution in [3.8, 4) is 0 Å². The van der Waals surface area contributed by atoms with Crippen LogP contribution in [0.1, 0.15) is 84.5 Å². The summed E-state index contributed by atoms with van der Waals surface area (Å²) in [5, 5.41) is 0. The predicted molar refractivity (Wildman–Crippen MR) is 90.6 cm³/mol. The van der Waals surface area contributed by atoms with Crippen LogP contribution in [0, 0.1) is 5.92 Å². The zero-order chi connectivity index (χ0) is 18.4. The van der Waals surface area contributed by atoms with Gasteiger partial charge in [0.25, 0.3) is 0 Å². The highest BCUT2D eigenvalue weighted by Gasteiger charge is 2.45. The van der Waals surface area contributed by atoms with E-state index in [1.54, 1.807) is 6.92 Å². The number of unbranched alkanes of at least 4 members (excludes halogenated alkanes) is 8. The topological polar surface area (TPSA) is 52.3 Å². The number of carbonyl (C=O) groups excluding carboxylic acids is 1. The average molecular weight is 353 g/mol. The van der Waals surface area contributed by atoms with Crippen LogP contribution < -0.4 is 5.73 Å². The molecule has 0 amide bonds. The summed E-state index contributed by atoms with van der Waals surface area (Å²) in [6, 6.07) is -2.14. The molecule has 3 nitrogen and oxygen atoms in total. The summed E-state index contributed by atoms with van der Waals surface area (Å²) < 4.78 is 43.4. The molecule has 6 heteroatoms. The van der Waals surface area contributed by atoms with Crippen LogP contribution in [-0.2, 0) is 9.53 Å². The van der Waals surface area contributed by atoms with E-state index in [-0.39, 0.29) is 13.0 Å². The number of esters is 1. The molecule has 2 N–H and O–H groups in total. The summed E-state index contributed by atoms with van der Waals surface area (Å²) in [6.07, 6.45) is 5.76. The van der Waals surface area contributed by atoms with Crippen molar-refractivity contribution >= 4 is 5.97 Å². The van der Waals surface area contributed by atoms with Crippen LogP contribution in [0.25, 0.3) is 0 Å². The first-order valence-corrected chi connectivity index (χ1v) is 9.33. The molecule has 0 aliphatic heterocycles. The van der Waals surface area contributed by atoms with Gasteiger partial charge in [-0.25, -0.2) is 0 Å². The largest absolute Gasteiger partial charge is 0.465 e. The Labute approximate surface area is 144 Å². The number of carbonyl (C=O) groups is 1. The van der Waals surface area contributed by atoms with E-state index in [0.717, 1.165) is 19.3 Å². The van der Waals surface area contributed by atoms with E-state index in [1.165, 1.54) is 32.1 Å². The number of hydrogen-bond donors (Lipinski definition) is 1. The molecule has 0 fully saturated rings. The first-order chi connectivity index (χ1) is 11.3. The standard InChI is InChI=1S/C18H34F3NO2/c1-3-5-6-7-8-9-10-11-12-13-15(16(22)18(19,20)21)17(23)24-14-4-2/h15-16H,3-14,22H2,1-2H3/t15-,16-/m1/s1. The molecular formula is C18H34F3NO2. The molecule has 0 aromatic carbocycles. The molecule has 0 aromatic rings. The zero-order valence-electron chi connectivity index (χ0n) is 15.2. The van der Waals surface area contributed by atoms with Crippen molar-refractivity contribution in [3.05, 3.63) is 0 Å². The third kappa shape index (κ3) is 10.9. The molecule has 0 radical (unpaired) electrons. The fourth-order valence-electron chi connectivity index (χ4n) is 2.66. The lowest BCUT2D eigenvalue weighted by atomic mass is 9.93. The van der Waals surface area contributed by atoms with Gasteiger partial charge in [-0.2, -0.15) is 13.2 Å². The summed E-state index contributed by atoms with van der Waals surface area (Å²) in [7, 11) is 0. The Kier molecular flexibility index (Phi) is 13.1. The van der Waals surface area contributed by atoms with Crippen molar-refractivity contribution < 1.29 is 22.7 Å². The van der Waals surface area contributed by atoms with Gasteiger partial charge in [0.05, 0.1) is 12.5 Å². The minimum atomic E-state index is -4.57. The van der Waals surface area contributed by atoms with E-state index >= 15 is 0 Å². The molecule has 0 aliphatic carbocycles. The zero-order valence-corrected chi connectivity index (χ0v) is 15.2. The Morgan fingerprint density at radius 1 is 0.917 bits per heavy atom. The summed E-state index contributed by atoms with van der Waals surface area (Å²) in [6.45, 7) is 4.11. The van der Waals surface area contributed by atoms with Crippen molar-refractivity contribution in [2.45, 2.75) is 96.7 Å². The van der Waals surface area contributed by atoms with Crippen LogP contribution in [0.15, 0.2) is 0 Å². The summed E-state index contributed by atoms with van der Waals surface area (Å²) in [5.41, 5.74) is 5.25.